The van der Waals surface area contributed by atoms with E-state index in [1.165, 1.54) is 0 Å². The SMILES string of the molecule is COCC(C)CNCC1COc2ccccc2O1. The first kappa shape index (κ1) is 13.2. The van der Waals surface area contributed by atoms with Crippen molar-refractivity contribution in [3.8, 4) is 11.5 Å². The van der Waals surface area contributed by atoms with E-state index in [1.54, 1.807) is 7.11 Å². The summed E-state index contributed by atoms with van der Waals surface area (Å²) >= 11 is 0. The van der Waals surface area contributed by atoms with Gasteiger partial charge in [0.2, 0.25) is 0 Å². The second-order valence-electron chi connectivity index (χ2n) is 4.72. The van der Waals surface area contributed by atoms with Gasteiger partial charge in [-0.15, -0.1) is 0 Å². The van der Waals surface area contributed by atoms with E-state index >= 15 is 0 Å². The van der Waals surface area contributed by atoms with Gasteiger partial charge in [-0.2, -0.15) is 0 Å². The normalized spacial score (nSPS) is 19.6. The highest BCUT2D eigenvalue weighted by Crippen LogP contribution is 2.30. The molecule has 4 nitrogen and oxygen atoms in total. The molecule has 1 N–H and O–H groups in total. The van der Waals surface area contributed by atoms with Crippen LogP contribution in [-0.4, -0.2) is 39.5 Å². The molecule has 0 saturated carbocycles. The van der Waals surface area contributed by atoms with Crippen LogP contribution in [-0.2, 0) is 4.74 Å². The van der Waals surface area contributed by atoms with E-state index in [0.29, 0.717) is 12.5 Å². The number of fused-ring (bicyclic) bond motifs is 1. The van der Waals surface area contributed by atoms with Crippen molar-refractivity contribution in [3.63, 3.8) is 0 Å². The lowest BCUT2D eigenvalue weighted by atomic mass is 10.2. The van der Waals surface area contributed by atoms with Crippen molar-refractivity contribution >= 4 is 0 Å². The summed E-state index contributed by atoms with van der Waals surface area (Å²) in [6.45, 7) is 5.25. The molecule has 0 aliphatic carbocycles. The second kappa shape index (κ2) is 6.61. The molecule has 1 aromatic rings. The summed E-state index contributed by atoms with van der Waals surface area (Å²) in [5.41, 5.74) is 0. The number of para-hydroxylation sites is 2. The lowest BCUT2D eigenvalue weighted by Gasteiger charge is -2.27. The summed E-state index contributed by atoms with van der Waals surface area (Å²) in [7, 11) is 1.73. The van der Waals surface area contributed by atoms with Crippen molar-refractivity contribution in [2.24, 2.45) is 5.92 Å². The fourth-order valence-corrected chi connectivity index (χ4v) is 2.00. The molecule has 0 amide bonds. The summed E-state index contributed by atoms with van der Waals surface area (Å²) in [6, 6.07) is 7.78. The predicted octanol–water partition coefficient (Wildman–Crippen LogP) is 1.70. The zero-order chi connectivity index (χ0) is 12.8. The van der Waals surface area contributed by atoms with E-state index in [1.807, 2.05) is 24.3 Å². The Morgan fingerprint density at radius 3 is 2.94 bits per heavy atom. The molecule has 1 aliphatic rings. The van der Waals surface area contributed by atoms with Gasteiger partial charge in [0.05, 0.1) is 0 Å². The third kappa shape index (κ3) is 3.62. The monoisotopic (exact) mass is 251 g/mol. The maximum absolute atomic E-state index is 5.85. The van der Waals surface area contributed by atoms with E-state index < -0.39 is 0 Å². The molecule has 0 aromatic heterocycles. The number of hydrogen-bond acceptors (Lipinski definition) is 4. The zero-order valence-electron chi connectivity index (χ0n) is 11.0. The highest BCUT2D eigenvalue weighted by molar-refractivity contribution is 5.40. The molecule has 2 unspecified atom stereocenters. The summed E-state index contributed by atoms with van der Waals surface area (Å²) in [5, 5.41) is 3.39. The van der Waals surface area contributed by atoms with Gasteiger partial charge in [-0.05, 0) is 18.1 Å². The van der Waals surface area contributed by atoms with Crippen LogP contribution in [0.2, 0.25) is 0 Å². The molecule has 2 rings (SSSR count). The van der Waals surface area contributed by atoms with Crippen LogP contribution < -0.4 is 14.8 Å². The Hall–Kier alpha value is -1.26. The van der Waals surface area contributed by atoms with Gasteiger partial charge in [-0.1, -0.05) is 19.1 Å². The Balaban J connectivity index is 1.73. The van der Waals surface area contributed by atoms with E-state index in [0.717, 1.165) is 31.2 Å². The number of methoxy groups -OCH3 is 1. The molecule has 1 heterocycles. The van der Waals surface area contributed by atoms with Crippen LogP contribution in [0.25, 0.3) is 0 Å². The van der Waals surface area contributed by atoms with Crippen LogP contribution >= 0.6 is 0 Å². The minimum absolute atomic E-state index is 0.0784. The van der Waals surface area contributed by atoms with E-state index in [-0.39, 0.29) is 6.10 Å². The number of benzene rings is 1. The van der Waals surface area contributed by atoms with Crippen LogP contribution in [0.5, 0.6) is 11.5 Å². The topological polar surface area (TPSA) is 39.7 Å². The molecule has 4 heteroatoms. The maximum Gasteiger partial charge on any atom is 0.161 e. The van der Waals surface area contributed by atoms with Crippen LogP contribution in [0.3, 0.4) is 0 Å². The molecule has 2 atom stereocenters. The summed E-state index contributed by atoms with van der Waals surface area (Å²) in [5.74, 6) is 2.17. The van der Waals surface area contributed by atoms with Crippen LogP contribution in [0, 0.1) is 5.92 Å². The fourth-order valence-electron chi connectivity index (χ4n) is 2.00. The van der Waals surface area contributed by atoms with E-state index in [4.69, 9.17) is 14.2 Å². The minimum Gasteiger partial charge on any atom is -0.486 e. The lowest BCUT2D eigenvalue weighted by Crippen LogP contribution is -2.40. The standard InChI is InChI=1S/C14H21NO3/c1-11(9-16-2)7-15-8-12-10-17-13-5-3-4-6-14(13)18-12/h3-6,11-12,15H,7-10H2,1-2H3. The zero-order valence-corrected chi connectivity index (χ0v) is 11.0. The number of rotatable bonds is 6. The molecule has 0 fully saturated rings. The summed E-state index contributed by atoms with van der Waals surface area (Å²) < 4.78 is 16.6. The first-order chi connectivity index (χ1) is 8.79. The van der Waals surface area contributed by atoms with Gasteiger partial charge in [-0.3, -0.25) is 0 Å². The molecule has 0 bridgehead atoms. The molecule has 1 aliphatic heterocycles. The Morgan fingerprint density at radius 2 is 2.17 bits per heavy atom. The Bertz CT molecular complexity index is 370. The molecule has 0 saturated heterocycles. The van der Waals surface area contributed by atoms with E-state index in [2.05, 4.69) is 12.2 Å². The Labute approximate surface area is 108 Å². The fraction of sp³-hybridized carbons (Fsp3) is 0.571. The molecular weight excluding hydrogens is 230 g/mol. The first-order valence-electron chi connectivity index (χ1n) is 6.37. The van der Waals surface area contributed by atoms with Gasteiger partial charge >= 0.3 is 0 Å². The molecule has 1 aromatic carbocycles. The molecule has 18 heavy (non-hydrogen) atoms. The number of nitrogens with one attached hydrogen (secondary N) is 1. The van der Waals surface area contributed by atoms with Crippen molar-refractivity contribution in [2.75, 3.05) is 33.4 Å². The van der Waals surface area contributed by atoms with Crippen LogP contribution in [0.15, 0.2) is 24.3 Å². The highest BCUT2D eigenvalue weighted by atomic mass is 16.6. The van der Waals surface area contributed by atoms with E-state index in [9.17, 15) is 0 Å². The molecule has 0 radical (unpaired) electrons. The average molecular weight is 251 g/mol. The largest absolute Gasteiger partial charge is 0.486 e. The highest BCUT2D eigenvalue weighted by Gasteiger charge is 2.20. The maximum atomic E-state index is 5.85. The van der Waals surface area contributed by atoms with Crippen molar-refractivity contribution in [1.29, 1.82) is 0 Å². The summed E-state index contributed by atoms with van der Waals surface area (Å²) in [6.07, 6.45) is 0.0784. The van der Waals surface area contributed by atoms with Crippen molar-refractivity contribution in [2.45, 2.75) is 13.0 Å². The van der Waals surface area contributed by atoms with Gasteiger partial charge < -0.3 is 19.5 Å². The third-order valence-corrected chi connectivity index (χ3v) is 2.88. The van der Waals surface area contributed by atoms with Gasteiger partial charge in [0.25, 0.3) is 0 Å². The lowest BCUT2D eigenvalue weighted by molar-refractivity contribution is 0.0879. The predicted molar refractivity (Wildman–Crippen MR) is 70.3 cm³/mol. The average Bonchev–Trinajstić information content (AvgIpc) is 2.39. The van der Waals surface area contributed by atoms with Gasteiger partial charge in [0.1, 0.15) is 12.7 Å². The van der Waals surface area contributed by atoms with Crippen LogP contribution in [0.1, 0.15) is 6.92 Å². The smallest absolute Gasteiger partial charge is 0.161 e. The van der Waals surface area contributed by atoms with Crippen LogP contribution in [0.4, 0.5) is 0 Å². The van der Waals surface area contributed by atoms with Gasteiger partial charge in [-0.25, -0.2) is 0 Å². The second-order valence-corrected chi connectivity index (χ2v) is 4.72. The Kier molecular flexibility index (Phi) is 4.84. The minimum atomic E-state index is 0.0784. The van der Waals surface area contributed by atoms with Crippen molar-refractivity contribution in [3.05, 3.63) is 24.3 Å². The third-order valence-electron chi connectivity index (χ3n) is 2.88. The number of ether oxygens (including phenoxy) is 3. The van der Waals surface area contributed by atoms with Gasteiger partial charge in [0, 0.05) is 26.8 Å². The molecule has 100 valence electrons. The Morgan fingerprint density at radius 1 is 1.39 bits per heavy atom. The van der Waals surface area contributed by atoms with Crippen molar-refractivity contribution in [1.82, 2.24) is 5.32 Å². The molecule has 0 spiro atoms. The summed E-state index contributed by atoms with van der Waals surface area (Å²) in [4.78, 5) is 0. The molecular formula is C14H21NO3. The van der Waals surface area contributed by atoms with Crippen molar-refractivity contribution < 1.29 is 14.2 Å². The van der Waals surface area contributed by atoms with Gasteiger partial charge in [0.15, 0.2) is 11.5 Å². The first-order valence-corrected chi connectivity index (χ1v) is 6.37. The number of hydrogen-bond donors (Lipinski definition) is 1. The quantitative estimate of drug-likeness (QED) is 0.835.